The van der Waals surface area contributed by atoms with Crippen molar-refractivity contribution in [3.8, 4) is 11.8 Å². The van der Waals surface area contributed by atoms with Crippen molar-refractivity contribution in [2.24, 2.45) is 0 Å². The summed E-state index contributed by atoms with van der Waals surface area (Å²) in [6.07, 6.45) is 0.460. The van der Waals surface area contributed by atoms with E-state index in [1.165, 1.54) is 11.3 Å². The van der Waals surface area contributed by atoms with Crippen molar-refractivity contribution in [2.45, 2.75) is 26.3 Å². The molecule has 0 fully saturated rings. The summed E-state index contributed by atoms with van der Waals surface area (Å²) in [7, 11) is 4.02. The molecule has 4 nitrogen and oxygen atoms in total. The Kier molecular flexibility index (Phi) is 7.44. The lowest BCUT2D eigenvalue weighted by Crippen LogP contribution is -2.43. The molecule has 0 bridgehead atoms. The molecule has 1 rings (SSSR count). The van der Waals surface area contributed by atoms with Gasteiger partial charge in [-0.25, -0.2) is 0 Å². The molecular weight excluding hydrogens is 284 g/mol. The number of carbonyl (C=O) groups is 1. The van der Waals surface area contributed by atoms with Crippen molar-refractivity contribution in [1.82, 2.24) is 9.80 Å². The summed E-state index contributed by atoms with van der Waals surface area (Å²) in [5, 5.41) is 8.71. The zero-order chi connectivity index (χ0) is 15.8. The summed E-state index contributed by atoms with van der Waals surface area (Å²) >= 11 is 1.41. The number of nitrogens with zero attached hydrogens (tertiary/aromatic N) is 2. The van der Waals surface area contributed by atoms with Crippen LogP contribution in [0, 0.1) is 11.8 Å². The second-order valence-electron chi connectivity index (χ2n) is 5.14. The molecule has 1 heterocycles. The van der Waals surface area contributed by atoms with Gasteiger partial charge in [0.1, 0.15) is 0 Å². The third-order valence-corrected chi connectivity index (χ3v) is 4.02. The molecule has 0 radical (unpaired) electrons. The number of hydrogen-bond donors (Lipinski definition) is 1. The maximum absolute atomic E-state index is 12.6. The fourth-order valence-electron chi connectivity index (χ4n) is 2.15. The fourth-order valence-corrected chi connectivity index (χ4v) is 2.99. The number of rotatable bonds is 6. The monoisotopic (exact) mass is 308 g/mol. The average Bonchev–Trinajstić information content (AvgIpc) is 2.87. The lowest BCUT2D eigenvalue weighted by molar-refractivity contribution is 0.0684. The molecule has 0 aromatic carbocycles. The quantitative estimate of drug-likeness (QED) is 0.816. The molecule has 1 aromatic heterocycles. The van der Waals surface area contributed by atoms with E-state index in [2.05, 4.69) is 23.7 Å². The summed E-state index contributed by atoms with van der Waals surface area (Å²) < 4.78 is 0. The van der Waals surface area contributed by atoms with Crippen LogP contribution in [0.2, 0.25) is 0 Å². The van der Waals surface area contributed by atoms with Crippen LogP contribution in [0.1, 0.15) is 34.8 Å². The topological polar surface area (TPSA) is 43.8 Å². The van der Waals surface area contributed by atoms with E-state index in [1.807, 2.05) is 38.1 Å². The molecule has 5 heteroatoms. The highest BCUT2D eigenvalue weighted by Gasteiger charge is 2.21. The predicted octanol–water partition coefficient (Wildman–Crippen LogP) is 1.89. The Morgan fingerprint density at radius 3 is 2.71 bits per heavy atom. The van der Waals surface area contributed by atoms with Crippen LogP contribution in [0.5, 0.6) is 0 Å². The van der Waals surface area contributed by atoms with E-state index in [1.54, 1.807) is 0 Å². The first-order chi connectivity index (χ1) is 9.99. The van der Waals surface area contributed by atoms with Gasteiger partial charge >= 0.3 is 0 Å². The van der Waals surface area contributed by atoms with Gasteiger partial charge in [0.05, 0.1) is 16.4 Å². The second kappa shape index (κ2) is 8.83. The number of aliphatic hydroxyl groups excluding tert-OH is 1. The average molecular weight is 308 g/mol. The fraction of sp³-hybridized carbons (Fsp3) is 0.562. The predicted molar refractivity (Wildman–Crippen MR) is 87.6 cm³/mol. The zero-order valence-corrected chi connectivity index (χ0v) is 14.0. The Bertz CT molecular complexity index is 514. The summed E-state index contributed by atoms with van der Waals surface area (Å²) in [5.41, 5.74) is 0. The Hall–Kier alpha value is -1.35. The summed E-state index contributed by atoms with van der Waals surface area (Å²) in [6.45, 7) is 5.66. The largest absolute Gasteiger partial charge is 0.395 e. The Balaban J connectivity index is 2.79. The number of likely N-dealkylation sites (N-methyl/N-ethyl adjacent to an activating group) is 2. The molecular formula is C16H24N2O2S. The van der Waals surface area contributed by atoms with Gasteiger partial charge < -0.3 is 14.9 Å². The van der Waals surface area contributed by atoms with Gasteiger partial charge in [0, 0.05) is 25.6 Å². The molecule has 0 saturated heterocycles. The molecule has 1 amide bonds. The summed E-state index contributed by atoms with van der Waals surface area (Å²) in [6, 6.07) is 3.87. The van der Waals surface area contributed by atoms with E-state index in [9.17, 15) is 4.79 Å². The summed E-state index contributed by atoms with van der Waals surface area (Å²) in [4.78, 5) is 18.1. The van der Waals surface area contributed by atoms with Crippen molar-refractivity contribution >= 4 is 17.2 Å². The van der Waals surface area contributed by atoms with Gasteiger partial charge in [-0.3, -0.25) is 4.79 Å². The maximum atomic E-state index is 12.6. The Labute approximate surface area is 131 Å². The number of hydrogen-bond acceptors (Lipinski definition) is 4. The molecule has 0 saturated carbocycles. The smallest absolute Gasteiger partial charge is 0.264 e. The van der Waals surface area contributed by atoms with Crippen molar-refractivity contribution in [2.75, 3.05) is 33.8 Å². The van der Waals surface area contributed by atoms with Gasteiger partial charge in [-0.1, -0.05) is 11.8 Å². The molecule has 1 atom stereocenters. The lowest BCUT2D eigenvalue weighted by atomic mass is 10.2. The molecule has 0 spiro atoms. The van der Waals surface area contributed by atoms with E-state index in [0.29, 0.717) is 13.0 Å². The van der Waals surface area contributed by atoms with Crippen LogP contribution >= 0.6 is 11.3 Å². The summed E-state index contributed by atoms with van der Waals surface area (Å²) in [5.74, 6) is 5.91. The van der Waals surface area contributed by atoms with Crippen LogP contribution in [0.4, 0.5) is 0 Å². The number of amides is 1. The minimum Gasteiger partial charge on any atom is -0.395 e. The van der Waals surface area contributed by atoms with Crippen molar-refractivity contribution in [3.63, 3.8) is 0 Å². The SMILES string of the molecule is CCN(C(=O)c1ccc(C#CCCO)s1)C(C)CN(C)C. The van der Waals surface area contributed by atoms with Crippen molar-refractivity contribution < 1.29 is 9.90 Å². The molecule has 1 unspecified atom stereocenters. The zero-order valence-electron chi connectivity index (χ0n) is 13.2. The highest BCUT2D eigenvalue weighted by atomic mass is 32.1. The van der Waals surface area contributed by atoms with Crippen LogP contribution in [0.3, 0.4) is 0 Å². The second-order valence-corrected chi connectivity index (χ2v) is 6.23. The first-order valence-electron chi connectivity index (χ1n) is 7.14. The highest BCUT2D eigenvalue weighted by molar-refractivity contribution is 7.14. The standard InChI is InChI=1S/C16H24N2O2S/c1-5-18(13(2)12-17(3)4)16(20)15-10-9-14(21-15)8-6-7-11-19/h9-10,13,19H,5,7,11-12H2,1-4H3. The number of thiophene rings is 1. The molecule has 0 aliphatic heterocycles. The minimum absolute atomic E-state index is 0.0621. The van der Waals surface area contributed by atoms with E-state index < -0.39 is 0 Å². The Morgan fingerprint density at radius 2 is 2.14 bits per heavy atom. The van der Waals surface area contributed by atoms with Crippen molar-refractivity contribution in [1.29, 1.82) is 0 Å². The number of carbonyl (C=O) groups excluding carboxylic acids is 1. The van der Waals surface area contributed by atoms with Gasteiger partial charge in [-0.15, -0.1) is 11.3 Å². The van der Waals surface area contributed by atoms with E-state index in [0.717, 1.165) is 16.3 Å². The van der Waals surface area contributed by atoms with Crippen LogP contribution in [0.25, 0.3) is 0 Å². The lowest BCUT2D eigenvalue weighted by Gasteiger charge is -2.29. The van der Waals surface area contributed by atoms with E-state index in [-0.39, 0.29) is 18.6 Å². The third-order valence-electron chi connectivity index (χ3n) is 3.03. The van der Waals surface area contributed by atoms with Crippen LogP contribution in [0.15, 0.2) is 12.1 Å². The van der Waals surface area contributed by atoms with Gasteiger partial charge in [0.2, 0.25) is 0 Å². The minimum atomic E-state index is 0.0621. The molecule has 0 aliphatic rings. The van der Waals surface area contributed by atoms with Gasteiger partial charge in [0.25, 0.3) is 5.91 Å². The third kappa shape index (κ3) is 5.50. The van der Waals surface area contributed by atoms with E-state index in [4.69, 9.17) is 5.11 Å². The molecule has 0 aliphatic carbocycles. The van der Waals surface area contributed by atoms with Crippen LogP contribution in [-0.4, -0.2) is 60.6 Å². The number of aliphatic hydroxyl groups is 1. The maximum Gasteiger partial charge on any atom is 0.264 e. The molecule has 21 heavy (non-hydrogen) atoms. The molecule has 116 valence electrons. The van der Waals surface area contributed by atoms with E-state index >= 15 is 0 Å². The first kappa shape index (κ1) is 17.7. The van der Waals surface area contributed by atoms with Gasteiger partial charge in [-0.05, 0) is 40.1 Å². The van der Waals surface area contributed by atoms with Gasteiger partial charge in [0.15, 0.2) is 0 Å². The van der Waals surface area contributed by atoms with Crippen LogP contribution in [-0.2, 0) is 0 Å². The van der Waals surface area contributed by atoms with Gasteiger partial charge in [-0.2, -0.15) is 0 Å². The highest BCUT2D eigenvalue weighted by Crippen LogP contribution is 2.19. The Morgan fingerprint density at radius 1 is 1.43 bits per heavy atom. The normalized spacial score (nSPS) is 11.9. The van der Waals surface area contributed by atoms with Crippen molar-refractivity contribution in [3.05, 3.63) is 21.9 Å². The molecule has 1 aromatic rings. The first-order valence-corrected chi connectivity index (χ1v) is 7.96. The molecule has 1 N–H and O–H groups in total. The van der Waals surface area contributed by atoms with Crippen LogP contribution < -0.4 is 0 Å².